The van der Waals surface area contributed by atoms with Crippen LogP contribution in [0.1, 0.15) is 18.4 Å². The number of morpholine rings is 1. The molecule has 3 N–H and O–H groups in total. The number of rotatable bonds is 4. The van der Waals surface area contributed by atoms with Crippen LogP contribution in [0.2, 0.25) is 5.02 Å². The minimum atomic E-state index is -0.255. The number of nitrogens with zero attached hydrogens (tertiary/aromatic N) is 1. The molecule has 0 saturated carbocycles. The fraction of sp³-hybridized carbons (Fsp3) is 0.600. The fourth-order valence-electron chi connectivity index (χ4n) is 3.32. The predicted molar refractivity (Wildman–Crippen MR) is 80.6 cm³/mol. The number of nitrogens with two attached hydrogens (primary N) is 1. The maximum absolute atomic E-state index is 13.9. The molecule has 0 amide bonds. The van der Waals surface area contributed by atoms with Gasteiger partial charge in [0.25, 0.3) is 0 Å². The maximum Gasteiger partial charge on any atom is 0.126 e. The van der Waals surface area contributed by atoms with E-state index in [9.17, 15) is 4.39 Å². The lowest BCUT2D eigenvalue weighted by Gasteiger charge is -2.38. The van der Waals surface area contributed by atoms with E-state index in [1.165, 1.54) is 18.9 Å². The Bertz CT molecular complexity index is 502. The predicted octanol–water partition coefficient (Wildman–Crippen LogP) is 1.72. The van der Waals surface area contributed by atoms with Gasteiger partial charge in [-0.15, -0.1) is 0 Å². The monoisotopic (exact) mass is 313 g/mol. The van der Waals surface area contributed by atoms with E-state index in [4.69, 9.17) is 22.2 Å². The summed E-state index contributed by atoms with van der Waals surface area (Å²) < 4.78 is 19.8. The first-order chi connectivity index (χ1) is 10.2. The van der Waals surface area contributed by atoms with E-state index < -0.39 is 0 Å². The third-order valence-corrected chi connectivity index (χ3v) is 4.76. The molecule has 3 rings (SSSR count). The zero-order valence-corrected chi connectivity index (χ0v) is 12.7. The third kappa shape index (κ3) is 3.38. The quantitative estimate of drug-likeness (QED) is 0.656. The van der Waals surface area contributed by atoms with Gasteiger partial charge in [0.1, 0.15) is 5.82 Å². The van der Waals surface area contributed by atoms with Crippen LogP contribution in [-0.2, 0) is 11.2 Å². The molecule has 2 heterocycles. The van der Waals surface area contributed by atoms with Gasteiger partial charge in [-0.05, 0) is 49.6 Å². The van der Waals surface area contributed by atoms with E-state index in [-0.39, 0.29) is 18.0 Å². The first-order valence-corrected chi connectivity index (χ1v) is 7.81. The van der Waals surface area contributed by atoms with Crippen molar-refractivity contribution in [1.29, 1.82) is 0 Å². The average molecular weight is 314 g/mol. The maximum atomic E-state index is 13.9. The normalized spacial score (nSPS) is 27.6. The van der Waals surface area contributed by atoms with Gasteiger partial charge in [-0.1, -0.05) is 11.6 Å². The van der Waals surface area contributed by atoms with Gasteiger partial charge in [0, 0.05) is 17.6 Å². The molecule has 116 valence electrons. The number of hydrogen-bond donors (Lipinski definition) is 2. The van der Waals surface area contributed by atoms with Crippen molar-refractivity contribution in [2.75, 3.05) is 19.7 Å². The smallest absolute Gasteiger partial charge is 0.126 e. The van der Waals surface area contributed by atoms with E-state index in [2.05, 4.69) is 10.3 Å². The number of fused-ring (bicyclic) bond motifs is 1. The first-order valence-electron chi connectivity index (χ1n) is 7.43. The van der Waals surface area contributed by atoms with Gasteiger partial charge >= 0.3 is 0 Å². The van der Waals surface area contributed by atoms with Crippen molar-refractivity contribution in [2.45, 2.75) is 37.5 Å². The highest BCUT2D eigenvalue weighted by Gasteiger charge is 2.35. The second-order valence-corrected chi connectivity index (χ2v) is 6.31. The van der Waals surface area contributed by atoms with Crippen LogP contribution in [0.4, 0.5) is 4.39 Å². The van der Waals surface area contributed by atoms with Crippen molar-refractivity contribution in [2.24, 2.45) is 5.84 Å². The second-order valence-electron chi connectivity index (χ2n) is 5.88. The highest BCUT2D eigenvalue weighted by Crippen LogP contribution is 2.25. The van der Waals surface area contributed by atoms with Gasteiger partial charge in [0.05, 0.1) is 18.8 Å². The Balaban J connectivity index is 1.68. The largest absolute Gasteiger partial charge is 0.374 e. The number of benzene rings is 1. The number of nitrogens with one attached hydrogen (secondary N) is 1. The molecule has 0 aliphatic carbocycles. The van der Waals surface area contributed by atoms with Crippen LogP contribution in [-0.4, -0.2) is 42.8 Å². The molecule has 2 aliphatic rings. The number of ether oxygens (including phenoxy) is 1. The molecule has 3 unspecified atom stereocenters. The Labute approximate surface area is 129 Å². The summed E-state index contributed by atoms with van der Waals surface area (Å²) in [6.45, 7) is 2.70. The molecule has 0 bridgehead atoms. The topological polar surface area (TPSA) is 50.5 Å². The second kappa shape index (κ2) is 6.58. The van der Waals surface area contributed by atoms with Gasteiger partial charge in [-0.3, -0.25) is 16.2 Å². The standard InChI is InChI=1S/C15H21ClFN3O/c16-11-3-4-13(17)10(6-11)7-14(19-18)15-8-20-5-1-2-12(20)9-21-15/h3-4,6,12,14-15,19H,1-2,5,7-9,18H2. The van der Waals surface area contributed by atoms with Crippen molar-refractivity contribution in [3.05, 3.63) is 34.6 Å². The van der Waals surface area contributed by atoms with Crippen molar-refractivity contribution in [3.8, 4) is 0 Å². The molecule has 6 heteroatoms. The summed E-state index contributed by atoms with van der Waals surface area (Å²) in [4.78, 5) is 2.45. The highest BCUT2D eigenvalue weighted by atomic mass is 35.5. The van der Waals surface area contributed by atoms with Gasteiger partial charge in [0.2, 0.25) is 0 Å². The van der Waals surface area contributed by atoms with Crippen LogP contribution in [0.15, 0.2) is 18.2 Å². The van der Waals surface area contributed by atoms with Crippen LogP contribution in [0.3, 0.4) is 0 Å². The lowest BCUT2D eigenvalue weighted by molar-refractivity contribution is -0.0645. The summed E-state index contributed by atoms with van der Waals surface area (Å²) in [6, 6.07) is 5.02. The minimum Gasteiger partial charge on any atom is -0.374 e. The molecule has 3 atom stereocenters. The molecule has 2 saturated heterocycles. The van der Waals surface area contributed by atoms with Crippen molar-refractivity contribution < 1.29 is 9.13 Å². The van der Waals surface area contributed by atoms with Crippen LogP contribution in [0, 0.1) is 5.82 Å². The summed E-state index contributed by atoms with van der Waals surface area (Å²) in [5.74, 6) is 5.42. The Morgan fingerprint density at radius 2 is 2.38 bits per heavy atom. The fourth-order valence-corrected chi connectivity index (χ4v) is 3.52. The first kappa shape index (κ1) is 15.2. The van der Waals surface area contributed by atoms with Crippen LogP contribution >= 0.6 is 11.6 Å². The zero-order chi connectivity index (χ0) is 14.8. The molecule has 21 heavy (non-hydrogen) atoms. The van der Waals surface area contributed by atoms with Gasteiger partial charge < -0.3 is 4.74 Å². The van der Waals surface area contributed by atoms with Crippen LogP contribution in [0.25, 0.3) is 0 Å². The Morgan fingerprint density at radius 3 is 3.19 bits per heavy atom. The molecule has 4 nitrogen and oxygen atoms in total. The minimum absolute atomic E-state index is 0.0252. The number of halogens is 2. The molecule has 0 spiro atoms. The molecule has 1 aromatic carbocycles. The van der Waals surface area contributed by atoms with E-state index in [1.54, 1.807) is 12.1 Å². The van der Waals surface area contributed by atoms with Crippen molar-refractivity contribution in [3.63, 3.8) is 0 Å². The summed E-state index contributed by atoms with van der Waals surface area (Å²) in [5, 5.41) is 0.534. The lowest BCUT2D eigenvalue weighted by Crippen LogP contribution is -2.56. The molecule has 0 aromatic heterocycles. The van der Waals surface area contributed by atoms with E-state index in [1.807, 2.05) is 0 Å². The van der Waals surface area contributed by atoms with E-state index in [0.717, 1.165) is 19.7 Å². The van der Waals surface area contributed by atoms with E-state index in [0.29, 0.717) is 23.0 Å². The number of hydrazine groups is 1. The summed E-state index contributed by atoms with van der Waals surface area (Å²) >= 11 is 5.94. The Hall–Kier alpha value is -0.720. The molecule has 2 aliphatic heterocycles. The van der Waals surface area contributed by atoms with Crippen LogP contribution < -0.4 is 11.3 Å². The summed E-state index contributed by atoms with van der Waals surface area (Å²) in [7, 11) is 0. The Kier molecular flexibility index (Phi) is 4.76. The lowest BCUT2D eigenvalue weighted by atomic mass is 9.99. The molecule has 0 radical (unpaired) electrons. The SMILES string of the molecule is NNC(Cc1cc(Cl)ccc1F)C1CN2CCCC2CO1. The van der Waals surface area contributed by atoms with Crippen molar-refractivity contribution >= 4 is 11.6 Å². The average Bonchev–Trinajstić information content (AvgIpc) is 2.95. The van der Waals surface area contributed by atoms with Crippen LogP contribution in [0.5, 0.6) is 0 Å². The van der Waals surface area contributed by atoms with Gasteiger partial charge in [-0.2, -0.15) is 0 Å². The molecular formula is C15H21ClFN3O. The highest BCUT2D eigenvalue weighted by molar-refractivity contribution is 6.30. The third-order valence-electron chi connectivity index (χ3n) is 4.53. The van der Waals surface area contributed by atoms with Gasteiger partial charge in [-0.25, -0.2) is 4.39 Å². The zero-order valence-electron chi connectivity index (χ0n) is 11.9. The van der Waals surface area contributed by atoms with Gasteiger partial charge in [0.15, 0.2) is 0 Å². The molecule has 1 aromatic rings. The summed E-state index contributed by atoms with van der Waals surface area (Å²) in [6.07, 6.45) is 2.87. The summed E-state index contributed by atoms with van der Waals surface area (Å²) in [5.41, 5.74) is 3.35. The van der Waals surface area contributed by atoms with Crippen molar-refractivity contribution in [1.82, 2.24) is 10.3 Å². The molecule has 2 fully saturated rings. The molecular weight excluding hydrogens is 293 g/mol. The number of hydrogen-bond acceptors (Lipinski definition) is 4. The van der Waals surface area contributed by atoms with E-state index >= 15 is 0 Å². The Morgan fingerprint density at radius 1 is 1.52 bits per heavy atom.